The Morgan fingerprint density at radius 2 is 1.02 bits per heavy atom. The molecule has 0 spiro atoms. The third-order valence-corrected chi connectivity index (χ3v) is 12.7. The van der Waals surface area contributed by atoms with Crippen LogP contribution in [-0.2, 0) is 0 Å². The summed E-state index contributed by atoms with van der Waals surface area (Å²) in [5.41, 5.74) is 9.46. The van der Waals surface area contributed by atoms with Crippen molar-refractivity contribution in [3.63, 3.8) is 0 Å². The molecule has 4 heteroatoms. The van der Waals surface area contributed by atoms with E-state index in [1.54, 1.807) is 0 Å². The molecule has 11 aromatic rings. The Balaban J connectivity index is 1.21. The van der Waals surface area contributed by atoms with Crippen LogP contribution in [0.2, 0.25) is 0 Å². The number of rotatable bonds is 5. The lowest BCUT2D eigenvalue weighted by Gasteiger charge is -2.28. The Labute approximate surface area is 308 Å². The number of hydrogen-bond acceptors (Lipinski definition) is 3. The highest BCUT2D eigenvalue weighted by Gasteiger charge is 2.22. The number of anilines is 3. The first-order chi connectivity index (χ1) is 25.8. The number of aromatic nitrogens is 1. The number of benzene rings is 8. The Morgan fingerprint density at radius 1 is 0.404 bits per heavy atom. The predicted octanol–water partition coefficient (Wildman–Crippen LogP) is 14.7. The van der Waals surface area contributed by atoms with E-state index in [0.29, 0.717) is 0 Å². The molecule has 0 radical (unpaired) electrons. The standard InChI is InChI=1S/C48H30N2S2/c1-2-13-31(14-3-1)35-26-27-43(47-39-20-7-11-24-45(39)52-48(35)47)49(34-25-28-46-40(30-34)38-19-6-10-23-44(38)51-46)32-15-12-16-33(29-32)50-41-21-8-4-17-36(41)37-18-5-9-22-42(37)50/h1-30H. The molecule has 0 saturated heterocycles. The van der Waals surface area contributed by atoms with E-state index in [0.717, 1.165) is 17.1 Å². The first-order valence-corrected chi connectivity index (χ1v) is 19.2. The molecular weight excluding hydrogens is 669 g/mol. The number of nitrogens with zero attached hydrogens (tertiary/aromatic N) is 2. The maximum Gasteiger partial charge on any atom is 0.0555 e. The molecule has 0 fully saturated rings. The fraction of sp³-hybridized carbons (Fsp3) is 0. The van der Waals surface area contributed by atoms with E-state index in [4.69, 9.17) is 0 Å². The van der Waals surface area contributed by atoms with Crippen molar-refractivity contribution in [2.24, 2.45) is 0 Å². The molecule has 0 amide bonds. The third kappa shape index (κ3) is 4.48. The van der Waals surface area contributed by atoms with Crippen LogP contribution in [0.25, 0.3) is 79.0 Å². The Morgan fingerprint density at radius 3 is 1.79 bits per heavy atom. The normalized spacial score (nSPS) is 11.8. The first kappa shape index (κ1) is 29.5. The summed E-state index contributed by atoms with van der Waals surface area (Å²) in [6, 6.07) is 66.7. The average molecular weight is 699 g/mol. The minimum Gasteiger partial charge on any atom is -0.310 e. The van der Waals surface area contributed by atoms with E-state index in [1.807, 2.05) is 22.7 Å². The van der Waals surface area contributed by atoms with Crippen LogP contribution < -0.4 is 4.90 Å². The quantitative estimate of drug-likeness (QED) is 0.174. The highest BCUT2D eigenvalue weighted by atomic mass is 32.1. The van der Waals surface area contributed by atoms with Crippen LogP contribution in [0, 0.1) is 0 Å². The molecular formula is C48H30N2S2. The van der Waals surface area contributed by atoms with Crippen LogP contribution >= 0.6 is 22.7 Å². The van der Waals surface area contributed by atoms with Crippen molar-refractivity contribution in [3.8, 4) is 16.8 Å². The largest absolute Gasteiger partial charge is 0.310 e. The van der Waals surface area contributed by atoms with Gasteiger partial charge in [0.05, 0.1) is 16.7 Å². The summed E-state index contributed by atoms with van der Waals surface area (Å²) in [6.07, 6.45) is 0. The van der Waals surface area contributed by atoms with Crippen LogP contribution in [0.3, 0.4) is 0 Å². The number of fused-ring (bicyclic) bond motifs is 9. The molecule has 0 aliphatic carbocycles. The minimum atomic E-state index is 1.11. The summed E-state index contributed by atoms with van der Waals surface area (Å²) >= 11 is 3.75. The summed E-state index contributed by atoms with van der Waals surface area (Å²) < 4.78 is 7.62. The lowest BCUT2D eigenvalue weighted by atomic mass is 10.00. The molecule has 0 unspecified atom stereocenters. The highest BCUT2D eigenvalue weighted by molar-refractivity contribution is 7.26. The van der Waals surface area contributed by atoms with Gasteiger partial charge in [-0.05, 0) is 77.9 Å². The Hall–Kier alpha value is -6.20. The second kappa shape index (κ2) is 11.7. The van der Waals surface area contributed by atoms with Crippen LogP contribution in [0.15, 0.2) is 182 Å². The van der Waals surface area contributed by atoms with Crippen molar-refractivity contribution in [1.82, 2.24) is 4.57 Å². The molecule has 0 N–H and O–H groups in total. The Bertz CT molecular complexity index is 3090. The molecule has 52 heavy (non-hydrogen) atoms. The number of thiophene rings is 2. The molecule has 2 nitrogen and oxygen atoms in total. The Kier molecular flexibility index (Phi) is 6.63. The maximum atomic E-state index is 2.49. The van der Waals surface area contributed by atoms with Crippen LogP contribution in [-0.4, -0.2) is 4.57 Å². The molecule has 0 aliphatic rings. The van der Waals surface area contributed by atoms with Gasteiger partial charge in [0, 0.05) is 68.2 Å². The SMILES string of the molecule is c1ccc(-c2ccc(N(c3cccc(-n4c5ccccc5c5ccccc54)c3)c3ccc4sc5ccccc5c4c3)c3c2sc2ccccc23)cc1. The van der Waals surface area contributed by atoms with Gasteiger partial charge in [-0.3, -0.25) is 0 Å². The predicted molar refractivity (Wildman–Crippen MR) is 227 cm³/mol. The van der Waals surface area contributed by atoms with E-state index in [-0.39, 0.29) is 0 Å². The topological polar surface area (TPSA) is 8.17 Å². The zero-order valence-corrected chi connectivity index (χ0v) is 29.7. The zero-order chi connectivity index (χ0) is 34.2. The van der Waals surface area contributed by atoms with E-state index >= 15 is 0 Å². The van der Waals surface area contributed by atoms with Gasteiger partial charge < -0.3 is 9.47 Å². The number of hydrogen-bond donors (Lipinski definition) is 0. The third-order valence-electron chi connectivity index (χ3n) is 10.4. The second-order valence-electron chi connectivity index (χ2n) is 13.3. The van der Waals surface area contributed by atoms with Crippen LogP contribution in [0.1, 0.15) is 0 Å². The molecule has 11 rings (SSSR count). The molecule has 0 bridgehead atoms. The monoisotopic (exact) mass is 698 g/mol. The molecule has 3 aromatic heterocycles. The fourth-order valence-electron chi connectivity index (χ4n) is 8.09. The van der Waals surface area contributed by atoms with Gasteiger partial charge in [0.2, 0.25) is 0 Å². The molecule has 0 aliphatic heterocycles. The van der Waals surface area contributed by atoms with Crippen LogP contribution in [0.5, 0.6) is 0 Å². The highest BCUT2D eigenvalue weighted by Crippen LogP contribution is 2.49. The maximum absolute atomic E-state index is 2.49. The molecule has 8 aromatic carbocycles. The summed E-state index contributed by atoms with van der Waals surface area (Å²) in [5.74, 6) is 0. The van der Waals surface area contributed by atoms with Gasteiger partial charge in [0.15, 0.2) is 0 Å². The summed E-state index contributed by atoms with van der Waals surface area (Å²) in [6.45, 7) is 0. The number of para-hydroxylation sites is 2. The lowest BCUT2D eigenvalue weighted by molar-refractivity contribution is 1.17. The van der Waals surface area contributed by atoms with Crippen molar-refractivity contribution in [2.75, 3.05) is 4.90 Å². The van der Waals surface area contributed by atoms with Crippen LogP contribution in [0.4, 0.5) is 17.1 Å². The molecule has 0 saturated carbocycles. The van der Waals surface area contributed by atoms with Gasteiger partial charge in [-0.15, -0.1) is 22.7 Å². The summed E-state index contributed by atoms with van der Waals surface area (Å²) in [7, 11) is 0. The van der Waals surface area contributed by atoms with E-state index in [9.17, 15) is 0 Å². The average Bonchev–Trinajstić information content (AvgIpc) is 3.88. The van der Waals surface area contributed by atoms with Gasteiger partial charge in [-0.25, -0.2) is 0 Å². The van der Waals surface area contributed by atoms with Gasteiger partial charge >= 0.3 is 0 Å². The summed E-state index contributed by atoms with van der Waals surface area (Å²) in [4.78, 5) is 2.49. The van der Waals surface area contributed by atoms with E-state index < -0.39 is 0 Å². The lowest BCUT2D eigenvalue weighted by Crippen LogP contribution is -2.11. The van der Waals surface area contributed by atoms with Crippen molar-refractivity contribution in [3.05, 3.63) is 182 Å². The first-order valence-electron chi connectivity index (χ1n) is 17.6. The smallest absolute Gasteiger partial charge is 0.0555 e. The van der Waals surface area contributed by atoms with Gasteiger partial charge in [0.1, 0.15) is 0 Å². The molecule has 0 atom stereocenters. The van der Waals surface area contributed by atoms with Crippen molar-refractivity contribution >= 4 is 102 Å². The van der Waals surface area contributed by atoms with Crippen molar-refractivity contribution < 1.29 is 0 Å². The summed E-state index contributed by atoms with van der Waals surface area (Å²) in [5, 5.41) is 7.67. The van der Waals surface area contributed by atoms with Gasteiger partial charge in [0.25, 0.3) is 0 Å². The second-order valence-corrected chi connectivity index (χ2v) is 15.4. The van der Waals surface area contributed by atoms with E-state index in [2.05, 4.69) is 191 Å². The fourth-order valence-corrected chi connectivity index (χ4v) is 10.4. The zero-order valence-electron chi connectivity index (χ0n) is 28.0. The molecule has 3 heterocycles. The molecule has 244 valence electrons. The van der Waals surface area contributed by atoms with Gasteiger partial charge in [-0.1, -0.05) is 115 Å². The van der Waals surface area contributed by atoms with E-state index in [1.165, 1.54) is 79.0 Å². The van der Waals surface area contributed by atoms with Crippen molar-refractivity contribution in [1.29, 1.82) is 0 Å². The van der Waals surface area contributed by atoms with Gasteiger partial charge in [-0.2, -0.15) is 0 Å². The minimum absolute atomic E-state index is 1.11. The van der Waals surface area contributed by atoms with Crippen molar-refractivity contribution in [2.45, 2.75) is 0 Å².